The van der Waals surface area contributed by atoms with Gasteiger partial charge in [-0.2, -0.15) is 18.3 Å². The smallest absolute Gasteiger partial charge is 0.417 e. The largest absolute Gasteiger partial charge is 0.475 e. The van der Waals surface area contributed by atoms with E-state index in [0.717, 1.165) is 43.8 Å². The van der Waals surface area contributed by atoms with Crippen LogP contribution in [0.1, 0.15) is 37.1 Å². The quantitative estimate of drug-likeness (QED) is 0.403. The normalized spacial score (nSPS) is 16.0. The summed E-state index contributed by atoms with van der Waals surface area (Å²) in [7, 11) is 0. The molecule has 2 N–H and O–H groups in total. The topological polar surface area (TPSA) is 91.3 Å². The second kappa shape index (κ2) is 9.96. The summed E-state index contributed by atoms with van der Waals surface area (Å²) in [6, 6.07) is 0.802. The van der Waals surface area contributed by atoms with Crippen LogP contribution in [0.25, 0.3) is 0 Å². The van der Waals surface area contributed by atoms with Gasteiger partial charge in [-0.3, -0.25) is 5.10 Å². The third-order valence-corrected chi connectivity index (χ3v) is 4.95. The molecule has 1 aliphatic rings. The van der Waals surface area contributed by atoms with Crippen LogP contribution in [-0.4, -0.2) is 63.8 Å². The summed E-state index contributed by atoms with van der Waals surface area (Å²) in [6.07, 6.45) is -0.415. The Morgan fingerprint density at radius 3 is 2.73 bits per heavy atom. The van der Waals surface area contributed by atoms with Gasteiger partial charge in [0, 0.05) is 31.7 Å². The predicted molar refractivity (Wildman–Crippen MR) is 106 cm³/mol. The molecule has 30 heavy (non-hydrogen) atoms. The van der Waals surface area contributed by atoms with Crippen molar-refractivity contribution in [2.24, 2.45) is 4.99 Å². The lowest BCUT2D eigenvalue weighted by molar-refractivity contribution is -0.137. The fraction of sp³-hybridized carbons (Fsp3) is 0.556. The van der Waals surface area contributed by atoms with Crippen molar-refractivity contribution in [3.8, 4) is 5.88 Å². The maximum atomic E-state index is 12.7. The van der Waals surface area contributed by atoms with Crippen molar-refractivity contribution in [2.75, 3.05) is 32.8 Å². The lowest BCUT2D eigenvalue weighted by Gasteiger charge is -2.33. The Hall–Kier alpha value is -2.56. The Balaban J connectivity index is 1.52. The van der Waals surface area contributed by atoms with Gasteiger partial charge < -0.3 is 15.0 Å². The molecule has 0 unspecified atom stereocenters. The van der Waals surface area contributed by atoms with Gasteiger partial charge in [-0.05, 0) is 25.8 Å². The van der Waals surface area contributed by atoms with Crippen molar-refractivity contribution in [1.29, 1.82) is 0 Å². The van der Waals surface area contributed by atoms with Crippen molar-refractivity contribution >= 4 is 17.6 Å². The number of aliphatic imine (C=N–C) groups is 1. The van der Waals surface area contributed by atoms with Crippen LogP contribution < -0.4 is 10.1 Å². The first kappa shape index (κ1) is 22.1. The number of rotatable bonds is 6. The van der Waals surface area contributed by atoms with Crippen LogP contribution in [0.3, 0.4) is 0 Å². The molecule has 0 amide bonds. The molecular weight excluding hydrogens is 423 g/mol. The molecule has 8 nitrogen and oxygen atoms in total. The standard InChI is InChI=1S/C18H23ClF3N7O/c1-2-23-17(29-6-3-12(4-7-29)15-26-11-27-28-15)24-5-8-30-16-14(19)9-13(10-25-16)18(20,21)22/h9-12H,2-8H2,1H3,(H,23,24)(H,26,27,28). The monoisotopic (exact) mass is 445 g/mol. The number of aromatic nitrogens is 4. The van der Waals surface area contributed by atoms with E-state index in [0.29, 0.717) is 25.2 Å². The molecule has 0 radical (unpaired) electrons. The summed E-state index contributed by atoms with van der Waals surface area (Å²) >= 11 is 5.85. The highest BCUT2D eigenvalue weighted by atomic mass is 35.5. The van der Waals surface area contributed by atoms with Crippen molar-refractivity contribution in [2.45, 2.75) is 31.9 Å². The number of pyridine rings is 1. The molecule has 12 heteroatoms. The fourth-order valence-electron chi connectivity index (χ4n) is 3.18. The predicted octanol–water partition coefficient (Wildman–Crippen LogP) is 3.10. The highest BCUT2D eigenvalue weighted by Crippen LogP contribution is 2.33. The molecule has 1 fully saturated rings. The molecule has 1 aliphatic heterocycles. The summed E-state index contributed by atoms with van der Waals surface area (Å²) in [5, 5.41) is 9.91. The Labute approximate surface area is 176 Å². The lowest BCUT2D eigenvalue weighted by Crippen LogP contribution is -2.45. The van der Waals surface area contributed by atoms with Crippen molar-refractivity contribution in [3.05, 3.63) is 35.0 Å². The van der Waals surface area contributed by atoms with Crippen molar-refractivity contribution < 1.29 is 17.9 Å². The van der Waals surface area contributed by atoms with Crippen molar-refractivity contribution in [3.63, 3.8) is 0 Å². The Bertz CT molecular complexity index is 837. The van der Waals surface area contributed by atoms with Gasteiger partial charge in [0.1, 0.15) is 23.8 Å². The highest BCUT2D eigenvalue weighted by Gasteiger charge is 2.31. The first-order chi connectivity index (χ1) is 14.4. The van der Waals surface area contributed by atoms with Crippen LogP contribution in [0.4, 0.5) is 13.2 Å². The van der Waals surface area contributed by atoms with Crippen molar-refractivity contribution in [1.82, 2.24) is 30.4 Å². The van der Waals surface area contributed by atoms with E-state index < -0.39 is 11.7 Å². The number of likely N-dealkylation sites (tertiary alicyclic amines) is 1. The maximum absolute atomic E-state index is 12.7. The Morgan fingerprint density at radius 1 is 1.37 bits per heavy atom. The molecule has 1 saturated heterocycles. The van der Waals surface area contributed by atoms with E-state index in [9.17, 15) is 13.2 Å². The molecule has 2 aromatic rings. The number of alkyl halides is 3. The van der Waals surface area contributed by atoms with Gasteiger partial charge in [-0.25, -0.2) is 15.0 Å². The van der Waals surface area contributed by atoms with Crippen LogP contribution in [0.2, 0.25) is 5.02 Å². The fourth-order valence-corrected chi connectivity index (χ4v) is 3.40. The molecule has 0 aromatic carbocycles. The number of hydrogen-bond donors (Lipinski definition) is 2. The third kappa shape index (κ3) is 5.74. The Morgan fingerprint density at radius 2 is 2.13 bits per heavy atom. The van der Waals surface area contributed by atoms with E-state index >= 15 is 0 Å². The van der Waals surface area contributed by atoms with E-state index in [-0.39, 0.29) is 17.5 Å². The third-order valence-electron chi connectivity index (χ3n) is 4.68. The summed E-state index contributed by atoms with van der Waals surface area (Å²) < 4.78 is 43.4. The van der Waals surface area contributed by atoms with E-state index in [2.05, 4.69) is 35.4 Å². The summed E-state index contributed by atoms with van der Waals surface area (Å²) in [5.41, 5.74) is -0.916. The van der Waals surface area contributed by atoms with Gasteiger partial charge in [0.2, 0.25) is 5.88 Å². The summed E-state index contributed by atoms with van der Waals surface area (Å²) in [4.78, 5) is 14.6. The lowest BCUT2D eigenvalue weighted by atomic mass is 9.96. The second-order valence-corrected chi connectivity index (χ2v) is 7.13. The number of piperidine rings is 1. The molecular formula is C18H23ClF3N7O. The maximum Gasteiger partial charge on any atom is 0.417 e. The summed E-state index contributed by atoms with van der Waals surface area (Å²) in [5.74, 6) is 1.98. The minimum Gasteiger partial charge on any atom is -0.475 e. The number of guanidine groups is 1. The summed E-state index contributed by atoms with van der Waals surface area (Å²) in [6.45, 7) is 4.80. The number of H-pyrrole nitrogens is 1. The molecule has 0 atom stereocenters. The zero-order valence-electron chi connectivity index (χ0n) is 16.4. The first-order valence-corrected chi connectivity index (χ1v) is 10.00. The molecule has 3 heterocycles. The van der Waals surface area contributed by atoms with Gasteiger partial charge in [0.05, 0.1) is 12.1 Å². The number of hydrogen-bond acceptors (Lipinski definition) is 5. The zero-order valence-corrected chi connectivity index (χ0v) is 17.2. The average molecular weight is 446 g/mol. The van der Waals surface area contributed by atoms with Gasteiger partial charge in [-0.15, -0.1) is 0 Å². The molecule has 0 aliphatic carbocycles. The number of nitrogens with one attached hydrogen (secondary N) is 2. The molecule has 0 spiro atoms. The van der Waals surface area contributed by atoms with E-state index in [4.69, 9.17) is 16.3 Å². The number of aromatic amines is 1. The average Bonchev–Trinajstić information content (AvgIpc) is 3.25. The van der Waals surface area contributed by atoms with Gasteiger partial charge in [-0.1, -0.05) is 11.6 Å². The van der Waals surface area contributed by atoms with Crippen LogP contribution >= 0.6 is 11.6 Å². The number of ether oxygens (including phenoxy) is 1. The van der Waals surface area contributed by atoms with E-state index in [1.165, 1.54) is 6.33 Å². The molecule has 164 valence electrons. The Kier molecular flexibility index (Phi) is 7.35. The van der Waals surface area contributed by atoms with Crippen LogP contribution in [0.15, 0.2) is 23.6 Å². The van der Waals surface area contributed by atoms with Gasteiger partial charge in [0.25, 0.3) is 0 Å². The first-order valence-electron chi connectivity index (χ1n) is 9.62. The number of nitrogens with zero attached hydrogens (tertiary/aromatic N) is 5. The van der Waals surface area contributed by atoms with E-state index in [1.807, 2.05) is 6.92 Å². The highest BCUT2D eigenvalue weighted by molar-refractivity contribution is 6.31. The van der Waals surface area contributed by atoms with Gasteiger partial charge >= 0.3 is 6.18 Å². The van der Waals surface area contributed by atoms with E-state index in [1.54, 1.807) is 0 Å². The van der Waals surface area contributed by atoms with Gasteiger partial charge in [0.15, 0.2) is 5.96 Å². The van der Waals surface area contributed by atoms with Crippen LogP contribution in [-0.2, 0) is 6.18 Å². The molecule has 0 bridgehead atoms. The SMILES string of the molecule is CCNC(=NCCOc1ncc(C(F)(F)F)cc1Cl)N1CCC(c2ncn[nH]2)CC1. The zero-order chi connectivity index (χ0) is 21.6. The molecule has 3 rings (SSSR count). The van der Waals surface area contributed by atoms with Crippen LogP contribution in [0, 0.1) is 0 Å². The number of halogens is 4. The minimum absolute atomic E-state index is 0.0438. The molecule has 0 saturated carbocycles. The van der Waals surface area contributed by atoms with Crippen LogP contribution in [0.5, 0.6) is 5.88 Å². The molecule has 2 aromatic heterocycles. The second-order valence-electron chi connectivity index (χ2n) is 6.72. The minimum atomic E-state index is -4.50.